The van der Waals surface area contributed by atoms with Gasteiger partial charge in [-0.1, -0.05) is 0 Å². The topological polar surface area (TPSA) is 73.1 Å². The van der Waals surface area contributed by atoms with E-state index in [2.05, 4.69) is 15.4 Å². The molecular weight excluding hydrogens is 192 g/mol. The number of aryl methyl sites for hydroxylation is 1. The van der Waals surface area contributed by atoms with E-state index in [-0.39, 0.29) is 6.10 Å². The van der Waals surface area contributed by atoms with E-state index in [1.807, 2.05) is 13.8 Å². The van der Waals surface area contributed by atoms with Crippen LogP contribution in [0.1, 0.15) is 36.0 Å². The van der Waals surface area contributed by atoms with Crippen molar-refractivity contribution in [1.29, 1.82) is 0 Å². The zero-order chi connectivity index (χ0) is 10.8. The average molecular weight is 208 g/mol. The van der Waals surface area contributed by atoms with E-state index in [0.29, 0.717) is 5.82 Å². The molecule has 0 aliphatic carbocycles. The fourth-order valence-corrected chi connectivity index (χ4v) is 1.72. The molecule has 2 heterocycles. The molecule has 1 atom stereocenters. The van der Waals surface area contributed by atoms with Crippen LogP contribution >= 0.6 is 0 Å². The first-order chi connectivity index (χ1) is 7.22. The molecule has 1 aromatic heterocycles. The zero-order valence-corrected chi connectivity index (χ0v) is 9.08. The number of nitrogen functional groups attached to an aromatic ring is 1. The number of rotatable bonds is 2. The van der Waals surface area contributed by atoms with Crippen LogP contribution in [0.3, 0.4) is 0 Å². The molecule has 0 amide bonds. The van der Waals surface area contributed by atoms with E-state index >= 15 is 0 Å². The molecule has 5 heteroatoms. The maximum absolute atomic E-state index is 5.54. The molecule has 1 unspecified atom stereocenters. The maximum atomic E-state index is 5.54. The van der Waals surface area contributed by atoms with E-state index in [4.69, 9.17) is 10.6 Å². The van der Waals surface area contributed by atoms with Crippen molar-refractivity contribution in [1.82, 2.24) is 9.97 Å². The number of ether oxygens (including phenoxy) is 1. The van der Waals surface area contributed by atoms with Gasteiger partial charge in [-0.3, -0.25) is 0 Å². The van der Waals surface area contributed by atoms with Crippen LogP contribution in [0.2, 0.25) is 0 Å². The minimum Gasteiger partial charge on any atom is -0.370 e. The molecule has 15 heavy (non-hydrogen) atoms. The lowest BCUT2D eigenvalue weighted by Gasteiger charge is -2.12. The number of hydrogen-bond acceptors (Lipinski definition) is 5. The third-order valence-corrected chi connectivity index (χ3v) is 2.76. The van der Waals surface area contributed by atoms with Crippen LogP contribution in [0.4, 0.5) is 5.82 Å². The van der Waals surface area contributed by atoms with Gasteiger partial charge in [0.25, 0.3) is 0 Å². The van der Waals surface area contributed by atoms with Crippen LogP contribution in [0, 0.1) is 13.8 Å². The Morgan fingerprint density at radius 1 is 1.40 bits per heavy atom. The Kier molecular flexibility index (Phi) is 2.83. The second-order valence-corrected chi connectivity index (χ2v) is 3.79. The Morgan fingerprint density at radius 2 is 2.20 bits per heavy atom. The second-order valence-electron chi connectivity index (χ2n) is 3.79. The van der Waals surface area contributed by atoms with Gasteiger partial charge in [0.1, 0.15) is 11.9 Å². The predicted molar refractivity (Wildman–Crippen MR) is 57.2 cm³/mol. The summed E-state index contributed by atoms with van der Waals surface area (Å²) in [5, 5.41) is 0. The van der Waals surface area contributed by atoms with Gasteiger partial charge in [-0.15, -0.1) is 0 Å². The summed E-state index contributed by atoms with van der Waals surface area (Å²) in [5.41, 5.74) is 4.53. The first kappa shape index (κ1) is 10.3. The van der Waals surface area contributed by atoms with Gasteiger partial charge in [-0.25, -0.2) is 15.8 Å². The van der Waals surface area contributed by atoms with Crippen LogP contribution in [0.25, 0.3) is 0 Å². The van der Waals surface area contributed by atoms with Crippen molar-refractivity contribution in [3.63, 3.8) is 0 Å². The molecule has 0 radical (unpaired) electrons. The van der Waals surface area contributed by atoms with Gasteiger partial charge >= 0.3 is 0 Å². The summed E-state index contributed by atoms with van der Waals surface area (Å²) >= 11 is 0. The van der Waals surface area contributed by atoms with Gasteiger partial charge in [0.2, 0.25) is 0 Å². The summed E-state index contributed by atoms with van der Waals surface area (Å²) in [6, 6.07) is 0. The fourth-order valence-electron chi connectivity index (χ4n) is 1.72. The van der Waals surface area contributed by atoms with E-state index in [1.54, 1.807) is 0 Å². The van der Waals surface area contributed by atoms with Crippen LogP contribution in [-0.2, 0) is 4.74 Å². The molecule has 82 valence electrons. The lowest BCUT2D eigenvalue weighted by molar-refractivity contribution is 0.105. The van der Waals surface area contributed by atoms with Crippen molar-refractivity contribution in [2.45, 2.75) is 32.8 Å². The first-order valence-corrected chi connectivity index (χ1v) is 5.15. The number of anilines is 1. The molecule has 0 bridgehead atoms. The molecular formula is C10H16N4O. The van der Waals surface area contributed by atoms with Crippen molar-refractivity contribution in [3.05, 3.63) is 17.1 Å². The van der Waals surface area contributed by atoms with Gasteiger partial charge in [-0.05, 0) is 26.7 Å². The highest BCUT2D eigenvalue weighted by atomic mass is 16.5. The Bertz CT molecular complexity index is 361. The molecule has 1 aliphatic rings. The number of hydrogen-bond donors (Lipinski definition) is 2. The summed E-state index contributed by atoms with van der Waals surface area (Å²) in [7, 11) is 0. The van der Waals surface area contributed by atoms with Gasteiger partial charge in [0, 0.05) is 17.9 Å². The lowest BCUT2D eigenvalue weighted by Crippen LogP contribution is -2.14. The van der Waals surface area contributed by atoms with Crippen molar-refractivity contribution in [2.75, 3.05) is 12.0 Å². The molecule has 1 saturated heterocycles. The predicted octanol–water partition coefficient (Wildman–Crippen LogP) is 1.23. The smallest absolute Gasteiger partial charge is 0.159 e. The highest BCUT2D eigenvalue weighted by Gasteiger charge is 2.21. The van der Waals surface area contributed by atoms with E-state index in [0.717, 1.165) is 36.5 Å². The van der Waals surface area contributed by atoms with Crippen molar-refractivity contribution in [2.24, 2.45) is 5.84 Å². The van der Waals surface area contributed by atoms with Gasteiger partial charge < -0.3 is 10.2 Å². The molecule has 1 aliphatic heterocycles. The Labute approximate surface area is 89.0 Å². The minimum absolute atomic E-state index is 0.0383. The number of nitrogens with one attached hydrogen (secondary N) is 1. The van der Waals surface area contributed by atoms with E-state index in [1.165, 1.54) is 0 Å². The summed E-state index contributed by atoms with van der Waals surface area (Å²) in [6.07, 6.45) is 2.11. The van der Waals surface area contributed by atoms with Crippen LogP contribution in [0.5, 0.6) is 0 Å². The molecule has 1 fully saturated rings. The van der Waals surface area contributed by atoms with E-state index in [9.17, 15) is 0 Å². The summed E-state index contributed by atoms with van der Waals surface area (Å²) < 4.78 is 5.54. The third kappa shape index (κ3) is 1.93. The molecule has 5 nitrogen and oxygen atoms in total. The molecule has 0 saturated carbocycles. The zero-order valence-electron chi connectivity index (χ0n) is 9.08. The van der Waals surface area contributed by atoms with Crippen LogP contribution in [-0.4, -0.2) is 16.6 Å². The number of aromatic nitrogens is 2. The van der Waals surface area contributed by atoms with Gasteiger partial charge in [-0.2, -0.15) is 0 Å². The Balaban J connectivity index is 2.35. The highest BCUT2D eigenvalue weighted by Crippen LogP contribution is 2.27. The molecule has 0 aromatic carbocycles. The van der Waals surface area contributed by atoms with E-state index < -0.39 is 0 Å². The number of nitrogens with zero attached hydrogens (tertiary/aromatic N) is 2. The van der Waals surface area contributed by atoms with Crippen molar-refractivity contribution in [3.8, 4) is 0 Å². The first-order valence-electron chi connectivity index (χ1n) is 5.15. The normalized spacial score (nSPS) is 20.6. The third-order valence-electron chi connectivity index (χ3n) is 2.76. The molecule has 1 aromatic rings. The average Bonchev–Trinajstić information content (AvgIpc) is 2.75. The number of nitrogens with two attached hydrogens (primary N) is 1. The Morgan fingerprint density at radius 3 is 2.80 bits per heavy atom. The summed E-state index contributed by atoms with van der Waals surface area (Å²) in [6.45, 7) is 4.70. The van der Waals surface area contributed by atoms with Crippen LogP contribution < -0.4 is 11.3 Å². The minimum atomic E-state index is 0.0383. The van der Waals surface area contributed by atoms with Crippen molar-refractivity contribution >= 4 is 5.82 Å². The largest absolute Gasteiger partial charge is 0.370 e. The van der Waals surface area contributed by atoms with Gasteiger partial charge in [0.05, 0.1) is 0 Å². The van der Waals surface area contributed by atoms with Gasteiger partial charge in [0.15, 0.2) is 5.82 Å². The summed E-state index contributed by atoms with van der Waals surface area (Å²) in [5.74, 6) is 6.83. The quantitative estimate of drug-likeness (QED) is 0.565. The standard InChI is InChI=1S/C10H16N4O/c1-6-7(2)12-10(13-9(6)14-11)8-4-3-5-15-8/h8H,3-5,11H2,1-2H3,(H,12,13,14). The molecule has 2 rings (SSSR count). The molecule has 3 N–H and O–H groups in total. The second kappa shape index (κ2) is 4.12. The molecule has 0 spiro atoms. The highest BCUT2D eigenvalue weighted by molar-refractivity contribution is 5.44. The number of hydrazine groups is 1. The lowest BCUT2D eigenvalue weighted by atomic mass is 10.2. The SMILES string of the molecule is Cc1nc(C2CCCO2)nc(NN)c1C. The van der Waals surface area contributed by atoms with Crippen LogP contribution in [0.15, 0.2) is 0 Å². The Hall–Kier alpha value is -1.20. The summed E-state index contributed by atoms with van der Waals surface area (Å²) in [4.78, 5) is 8.79. The monoisotopic (exact) mass is 208 g/mol. The van der Waals surface area contributed by atoms with Crippen molar-refractivity contribution < 1.29 is 4.74 Å². The fraction of sp³-hybridized carbons (Fsp3) is 0.600. The maximum Gasteiger partial charge on any atom is 0.159 e.